The molecule has 0 aliphatic carbocycles. The zero-order chi connectivity index (χ0) is 23.5. The normalized spacial score (nSPS) is 14.5. The number of nitrogens with zero attached hydrogens (tertiary/aromatic N) is 4. The first-order chi connectivity index (χ1) is 16.5. The number of aromatic nitrogens is 5. The lowest BCUT2D eigenvalue weighted by Crippen LogP contribution is -2.18. The lowest BCUT2D eigenvalue weighted by atomic mass is 9.93. The molecule has 3 aromatic heterocycles. The Kier molecular flexibility index (Phi) is 6.27. The van der Waals surface area contributed by atoms with Gasteiger partial charge in [0.05, 0.1) is 6.54 Å². The molecule has 4 N–H and O–H groups in total. The molecular weight excluding hydrogens is 430 g/mol. The van der Waals surface area contributed by atoms with Crippen LogP contribution in [-0.4, -0.2) is 37.7 Å². The number of pyridine rings is 1. The number of benzene rings is 1. The molecule has 9 nitrogen and oxygen atoms in total. The van der Waals surface area contributed by atoms with Gasteiger partial charge in [0.2, 0.25) is 0 Å². The van der Waals surface area contributed by atoms with Crippen LogP contribution in [0.5, 0.6) is 0 Å². The summed E-state index contributed by atoms with van der Waals surface area (Å²) in [6.07, 6.45) is 6.43. The van der Waals surface area contributed by atoms with Gasteiger partial charge in [-0.15, -0.1) is 0 Å². The zero-order valence-electron chi connectivity index (χ0n) is 19.3. The van der Waals surface area contributed by atoms with Crippen LogP contribution >= 0.6 is 0 Å². The van der Waals surface area contributed by atoms with Crippen molar-refractivity contribution in [2.24, 2.45) is 5.92 Å². The minimum Gasteiger partial charge on any atom is -0.382 e. The number of aryl methyl sites for hydroxylation is 2. The summed E-state index contributed by atoms with van der Waals surface area (Å²) in [6, 6.07) is 12.4. The monoisotopic (exact) mass is 459 g/mol. The molecule has 1 aromatic carbocycles. The number of anilines is 3. The number of imidazole rings is 1. The molecule has 0 atom stereocenters. The van der Waals surface area contributed by atoms with Crippen LogP contribution in [0.4, 0.5) is 17.3 Å². The maximum atomic E-state index is 12.4. The van der Waals surface area contributed by atoms with Crippen LogP contribution in [-0.2, 0) is 17.7 Å². The second-order valence-electron chi connectivity index (χ2n) is 8.84. The molecule has 0 radical (unpaired) electrons. The Morgan fingerprint density at radius 3 is 2.62 bits per heavy atom. The molecule has 9 heteroatoms. The van der Waals surface area contributed by atoms with E-state index in [0.29, 0.717) is 23.5 Å². The largest absolute Gasteiger partial charge is 0.382 e. The molecule has 1 aliphatic rings. The van der Waals surface area contributed by atoms with Gasteiger partial charge in [0.25, 0.3) is 0 Å². The van der Waals surface area contributed by atoms with Crippen LogP contribution in [0.3, 0.4) is 0 Å². The van der Waals surface area contributed by atoms with Crippen molar-refractivity contribution < 1.29 is 4.74 Å². The number of nitrogen functional groups attached to an aromatic ring is 1. The van der Waals surface area contributed by atoms with Crippen LogP contribution in [0.2, 0.25) is 0 Å². The number of nitrogens with one attached hydrogen (secondary N) is 2. The number of hydrogen-bond acceptors (Lipinski definition) is 7. The van der Waals surface area contributed by atoms with Crippen LogP contribution in [0.15, 0.2) is 47.4 Å². The number of aromatic amines is 1. The molecule has 0 unspecified atom stereocenters. The van der Waals surface area contributed by atoms with E-state index in [-0.39, 0.29) is 11.5 Å². The third kappa shape index (κ3) is 4.94. The molecule has 5 rings (SSSR count). The van der Waals surface area contributed by atoms with Gasteiger partial charge in [0.15, 0.2) is 11.5 Å². The van der Waals surface area contributed by atoms with Crippen LogP contribution in [0.25, 0.3) is 11.2 Å². The summed E-state index contributed by atoms with van der Waals surface area (Å²) in [5.41, 5.74) is 9.82. The number of fused-ring (bicyclic) bond motifs is 1. The number of ether oxygens (including phenoxy) is 1. The fraction of sp³-hybridized carbons (Fsp3) is 0.360. The van der Waals surface area contributed by atoms with Gasteiger partial charge in [0, 0.05) is 25.1 Å². The van der Waals surface area contributed by atoms with Crippen molar-refractivity contribution in [2.75, 3.05) is 24.3 Å². The van der Waals surface area contributed by atoms with Crippen molar-refractivity contribution in [3.8, 4) is 0 Å². The summed E-state index contributed by atoms with van der Waals surface area (Å²) < 4.78 is 6.99. The maximum Gasteiger partial charge on any atom is 0.328 e. The molecule has 1 fully saturated rings. The van der Waals surface area contributed by atoms with Gasteiger partial charge in [-0.1, -0.05) is 18.2 Å². The zero-order valence-corrected chi connectivity index (χ0v) is 19.3. The SMILES string of the molecule is Cc1nc(N)c2[nH]c(=O)n(Cc3ccc(Nc4ccc(CCC5CCOCC5)cc4)nc3)c2n1. The average Bonchev–Trinajstić information content (AvgIpc) is 3.16. The lowest BCUT2D eigenvalue weighted by Gasteiger charge is -2.21. The Balaban J connectivity index is 1.21. The van der Waals surface area contributed by atoms with E-state index in [4.69, 9.17) is 10.5 Å². The van der Waals surface area contributed by atoms with Gasteiger partial charge < -0.3 is 20.8 Å². The predicted molar refractivity (Wildman–Crippen MR) is 132 cm³/mol. The number of H-pyrrole nitrogens is 1. The third-order valence-electron chi connectivity index (χ3n) is 6.34. The Labute approximate surface area is 197 Å². The van der Waals surface area contributed by atoms with Crippen molar-refractivity contribution in [2.45, 2.75) is 39.2 Å². The summed E-state index contributed by atoms with van der Waals surface area (Å²) in [5, 5.41) is 3.34. The van der Waals surface area contributed by atoms with Crippen molar-refractivity contribution >= 4 is 28.5 Å². The van der Waals surface area contributed by atoms with E-state index in [0.717, 1.165) is 42.6 Å². The van der Waals surface area contributed by atoms with Gasteiger partial charge in [-0.3, -0.25) is 4.57 Å². The molecule has 4 aromatic rings. The quantitative estimate of drug-likeness (QED) is 0.386. The molecule has 1 saturated heterocycles. The van der Waals surface area contributed by atoms with Crippen LogP contribution in [0.1, 0.15) is 36.2 Å². The smallest absolute Gasteiger partial charge is 0.328 e. The van der Waals surface area contributed by atoms with E-state index in [2.05, 4.69) is 49.5 Å². The van der Waals surface area contributed by atoms with E-state index >= 15 is 0 Å². The summed E-state index contributed by atoms with van der Waals surface area (Å²) in [4.78, 5) is 28.2. The molecule has 4 heterocycles. The van der Waals surface area contributed by atoms with E-state index < -0.39 is 0 Å². The highest BCUT2D eigenvalue weighted by molar-refractivity contribution is 5.81. The molecule has 0 amide bonds. The summed E-state index contributed by atoms with van der Waals surface area (Å²) in [6.45, 7) is 3.89. The van der Waals surface area contributed by atoms with Crippen LogP contribution < -0.4 is 16.7 Å². The fourth-order valence-electron chi connectivity index (χ4n) is 4.39. The van der Waals surface area contributed by atoms with Gasteiger partial charge >= 0.3 is 5.69 Å². The molecule has 176 valence electrons. The molecule has 0 saturated carbocycles. The molecule has 0 spiro atoms. The maximum absolute atomic E-state index is 12.4. The highest BCUT2D eigenvalue weighted by atomic mass is 16.5. The van der Waals surface area contributed by atoms with Gasteiger partial charge in [-0.2, -0.15) is 0 Å². The van der Waals surface area contributed by atoms with Gasteiger partial charge in [-0.05, 0) is 67.9 Å². The summed E-state index contributed by atoms with van der Waals surface area (Å²) in [5.74, 6) is 2.31. The topological polar surface area (TPSA) is 124 Å². The summed E-state index contributed by atoms with van der Waals surface area (Å²) in [7, 11) is 0. The Hall–Kier alpha value is -3.72. The Morgan fingerprint density at radius 2 is 1.88 bits per heavy atom. The first kappa shape index (κ1) is 22.1. The summed E-state index contributed by atoms with van der Waals surface area (Å²) >= 11 is 0. The van der Waals surface area contributed by atoms with Crippen molar-refractivity contribution in [1.82, 2.24) is 24.5 Å². The van der Waals surface area contributed by atoms with Crippen LogP contribution in [0, 0.1) is 12.8 Å². The highest BCUT2D eigenvalue weighted by Gasteiger charge is 2.14. The highest BCUT2D eigenvalue weighted by Crippen LogP contribution is 2.22. The molecule has 0 bridgehead atoms. The van der Waals surface area contributed by atoms with E-state index in [9.17, 15) is 4.79 Å². The number of nitrogens with two attached hydrogens (primary N) is 1. The Morgan fingerprint density at radius 1 is 1.12 bits per heavy atom. The lowest BCUT2D eigenvalue weighted by molar-refractivity contribution is 0.0640. The minimum atomic E-state index is -0.277. The number of hydrogen-bond donors (Lipinski definition) is 3. The van der Waals surface area contributed by atoms with E-state index in [1.807, 2.05) is 12.1 Å². The van der Waals surface area contributed by atoms with Gasteiger partial charge in [-0.25, -0.2) is 19.7 Å². The van der Waals surface area contributed by atoms with Crippen molar-refractivity contribution in [1.29, 1.82) is 0 Å². The fourth-order valence-corrected chi connectivity index (χ4v) is 4.39. The molecule has 34 heavy (non-hydrogen) atoms. The first-order valence-electron chi connectivity index (χ1n) is 11.7. The Bertz CT molecular complexity index is 1320. The van der Waals surface area contributed by atoms with E-state index in [1.54, 1.807) is 17.7 Å². The van der Waals surface area contributed by atoms with E-state index in [1.165, 1.54) is 24.8 Å². The molecule has 1 aliphatic heterocycles. The minimum absolute atomic E-state index is 0.269. The second-order valence-corrected chi connectivity index (χ2v) is 8.84. The second kappa shape index (κ2) is 9.64. The predicted octanol–water partition coefficient (Wildman–Crippen LogP) is 3.56. The standard InChI is InChI=1S/C25H29N7O2/c1-16-28-23(26)22-24(29-16)32(25(33)31-22)15-19-6-9-21(27-14-19)30-20-7-4-17(5-8-20)2-3-18-10-12-34-13-11-18/h4-9,14,18H,2-3,10-13,15H2,1H3,(H,27,30)(H,31,33)(H2,26,28,29). The van der Waals surface area contributed by atoms with Crippen molar-refractivity contribution in [3.05, 3.63) is 70.0 Å². The van der Waals surface area contributed by atoms with Gasteiger partial charge in [0.1, 0.15) is 17.2 Å². The van der Waals surface area contributed by atoms with Crippen molar-refractivity contribution in [3.63, 3.8) is 0 Å². The first-order valence-corrected chi connectivity index (χ1v) is 11.7. The third-order valence-corrected chi connectivity index (χ3v) is 6.34. The average molecular weight is 460 g/mol. The number of rotatable bonds is 7. The molecular formula is C25H29N7O2.